The number of hydrogen-bond donors (Lipinski definition) is 2. The minimum Gasteiger partial charge on any atom is -0.383 e. The number of aliphatic hydroxyl groups is 1. The Bertz CT molecular complexity index is 635. The maximum Gasteiger partial charge on any atom is 0.230 e. The van der Waals surface area contributed by atoms with Crippen LogP contribution in [0, 0.1) is 6.92 Å². The molecule has 2 N–H and O–H groups in total. The SMILES string of the molecule is Cc1ccc(SCC(=O)NCC(C)(O)c2cnn(C)c2)cc1. The highest BCUT2D eigenvalue weighted by Crippen LogP contribution is 2.20. The third-order valence-electron chi connectivity index (χ3n) is 3.35. The lowest BCUT2D eigenvalue weighted by atomic mass is 10.00. The molecule has 1 aromatic heterocycles. The number of carbonyl (C=O) groups excluding carboxylic acids is 1. The van der Waals surface area contributed by atoms with Gasteiger partial charge in [0.1, 0.15) is 5.60 Å². The fourth-order valence-electron chi connectivity index (χ4n) is 1.91. The standard InChI is InChI=1S/C16H21N3O2S/c1-12-4-6-14(7-5-12)22-10-15(20)17-11-16(2,21)13-8-18-19(3)9-13/h4-9,21H,10-11H2,1-3H3,(H,17,20). The second-order valence-electron chi connectivity index (χ2n) is 5.55. The van der Waals surface area contributed by atoms with Crippen molar-refractivity contribution in [1.82, 2.24) is 15.1 Å². The van der Waals surface area contributed by atoms with Gasteiger partial charge >= 0.3 is 0 Å². The van der Waals surface area contributed by atoms with Gasteiger partial charge < -0.3 is 10.4 Å². The van der Waals surface area contributed by atoms with E-state index < -0.39 is 5.60 Å². The molecule has 1 aromatic carbocycles. The summed E-state index contributed by atoms with van der Waals surface area (Å²) in [6.45, 7) is 3.85. The molecular formula is C16H21N3O2S. The van der Waals surface area contributed by atoms with E-state index in [2.05, 4.69) is 10.4 Å². The minimum absolute atomic E-state index is 0.102. The molecule has 1 unspecified atom stereocenters. The summed E-state index contributed by atoms with van der Waals surface area (Å²) in [7, 11) is 1.79. The number of amides is 1. The first-order valence-electron chi connectivity index (χ1n) is 7.04. The van der Waals surface area contributed by atoms with E-state index >= 15 is 0 Å². The van der Waals surface area contributed by atoms with E-state index in [1.807, 2.05) is 31.2 Å². The second kappa shape index (κ2) is 6.98. The van der Waals surface area contributed by atoms with E-state index in [4.69, 9.17) is 0 Å². The van der Waals surface area contributed by atoms with Crippen molar-refractivity contribution in [3.8, 4) is 0 Å². The molecule has 0 aliphatic carbocycles. The Labute approximate surface area is 134 Å². The minimum atomic E-state index is -1.13. The predicted molar refractivity (Wildman–Crippen MR) is 87.7 cm³/mol. The lowest BCUT2D eigenvalue weighted by Crippen LogP contribution is -2.39. The van der Waals surface area contributed by atoms with Crippen molar-refractivity contribution in [3.63, 3.8) is 0 Å². The average Bonchev–Trinajstić information content (AvgIpc) is 2.92. The van der Waals surface area contributed by atoms with Crippen molar-refractivity contribution in [2.45, 2.75) is 24.3 Å². The Kier molecular flexibility index (Phi) is 5.26. The van der Waals surface area contributed by atoms with E-state index in [1.165, 1.54) is 17.3 Å². The fraction of sp³-hybridized carbons (Fsp3) is 0.375. The van der Waals surface area contributed by atoms with Crippen LogP contribution in [0.15, 0.2) is 41.6 Å². The lowest BCUT2D eigenvalue weighted by molar-refractivity contribution is -0.119. The first-order valence-corrected chi connectivity index (χ1v) is 8.03. The molecule has 2 aromatic rings. The molecule has 1 heterocycles. The van der Waals surface area contributed by atoms with Gasteiger partial charge in [-0.3, -0.25) is 9.48 Å². The van der Waals surface area contributed by atoms with E-state index in [-0.39, 0.29) is 12.5 Å². The zero-order valence-electron chi connectivity index (χ0n) is 13.0. The van der Waals surface area contributed by atoms with Crippen molar-refractivity contribution in [1.29, 1.82) is 0 Å². The number of nitrogens with one attached hydrogen (secondary N) is 1. The van der Waals surface area contributed by atoms with Crippen LogP contribution in [0.3, 0.4) is 0 Å². The molecule has 0 spiro atoms. The van der Waals surface area contributed by atoms with E-state index in [1.54, 1.807) is 31.0 Å². The second-order valence-corrected chi connectivity index (χ2v) is 6.60. The van der Waals surface area contributed by atoms with Gasteiger partial charge in [0, 0.05) is 23.7 Å². The molecule has 0 bridgehead atoms. The molecule has 0 aliphatic heterocycles. The van der Waals surface area contributed by atoms with Crippen molar-refractivity contribution in [2.24, 2.45) is 7.05 Å². The number of hydrogen-bond acceptors (Lipinski definition) is 4. The lowest BCUT2D eigenvalue weighted by Gasteiger charge is -2.22. The highest BCUT2D eigenvalue weighted by Gasteiger charge is 2.25. The van der Waals surface area contributed by atoms with Gasteiger partial charge in [0.25, 0.3) is 0 Å². The average molecular weight is 319 g/mol. The maximum absolute atomic E-state index is 11.9. The molecule has 0 fully saturated rings. The number of aromatic nitrogens is 2. The molecule has 118 valence electrons. The van der Waals surface area contributed by atoms with Crippen molar-refractivity contribution >= 4 is 17.7 Å². The highest BCUT2D eigenvalue weighted by molar-refractivity contribution is 8.00. The van der Waals surface area contributed by atoms with Crippen LogP contribution >= 0.6 is 11.8 Å². The molecule has 0 aliphatic rings. The van der Waals surface area contributed by atoms with Crippen LogP contribution in [-0.4, -0.2) is 33.1 Å². The van der Waals surface area contributed by atoms with Gasteiger partial charge in [-0.05, 0) is 26.0 Å². The molecule has 1 amide bonds. The molecule has 22 heavy (non-hydrogen) atoms. The van der Waals surface area contributed by atoms with Crippen LogP contribution in [-0.2, 0) is 17.4 Å². The van der Waals surface area contributed by atoms with Crippen LogP contribution in [0.4, 0.5) is 0 Å². The smallest absolute Gasteiger partial charge is 0.230 e. The topological polar surface area (TPSA) is 67.2 Å². The van der Waals surface area contributed by atoms with E-state index in [0.29, 0.717) is 11.3 Å². The Morgan fingerprint density at radius 1 is 1.41 bits per heavy atom. The van der Waals surface area contributed by atoms with E-state index in [0.717, 1.165) is 4.90 Å². The summed E-state index contributed by atoms with van der Waals surface area (Å²) >= 11 is 1.48. The van der Waals surface area contributed by atoms with Crippen molar-refractivity contribution < 1.29 is 9.90 Å². The van der Waals surface area contributed by atoms with Gasteiger partial charge in [-0.25, -0.2) is 0 Å². The monoisotopic (exact) mass is 319 g/mol. The van der Waals surface area contributed by atoms with Crippen LogP contribution in [0.2, 0.25) is 0 Å². The van der Waals surface area contributed by atoms with Crippen molar-refractivity contribution in [2.75, 3.05) is 12.3 Å². The summed E-state index contributed by atoms with van der Waals surface area (Å²) in [5.74, 6) is 0.223. The quantitative estimate of drug-likeness (QED) is 0.797. The Balaban J connectivity index is 1.81. The van der Waals surface area contributed by atoms with Crippen LogP contribution in [0.5, 0.6) is 0 Å². The number of rotatable bonds is 6. The molecule has 0 saturated heterocycles. The zero-order chi connectivity index (χ0) is 16.2. The third kappa shape index (κ3) is 4.61. The van der Waals surface area contributed by atoms with Gasteiger partial charge in [-0.15, -0.1) is 11.8 Å². The first kappa shape index (κ1) is 16.6. The molecular weight excluding hydrogens is 298 g/mol. The van der Waals surface area contributed by atoms with Gasteiger partial charge in [-0.1, -0.05) is 17.7 Å². The summed E-state index contributed by atoms with van der Waals surface area (Å²) in [6.07, 6.45) is 3.35. The number of nitrogens with zero attached hydrogens (tertiary/aromatic N) is 2. The number of benzene rings is 1. The fourth-order valence-corrected chi connectivity index (χ4v) is 2.63. The molecule has 5 nitrogen and oxygen atoms in total. The number of carbonyl (C=O) groups is 1. The largest absolute Gasteiger partial charge is 0.383 e. The molecule has 6 heteroatoms. The van der Waals surface area contributed by atoms with Crippen LogP contribution in [0.25, 0.3) is 0 Å². The predicted octanol–water partition coefficient (Wildman–Crippen LogP) is 1.84. The Morgan fingerprint density at radius 3 is 2.68 bits per heavy atom. The summed E-state index contributed by atoms with van der Waals surface area (Å²) < 4.78 is 1.62. The molecule has 1 atom stereocenters. The zero-order valence-corrected chi connectivity index (χ0v) is 13.9. The van der Waals surface area contributed by atoms with Crippen LogP contribution in [0.1, 0.15) is 18.1 Å². The molecule has 0 saturated carbocycles. The summed E-state index contributed by atoms with van der Waals surface area (Å²) in [6, 6.07) is 8.04. The number of thioether (sulfide) groups is 1. The molecule has 0 radical (unpaired) electrons. The normalized spacial score (nSPS) is 13.6. The molecule has 2 rings (SSSR count). The van der Waals surface area contributed by atoms with Gasteiger partial charge in [0.05, 0.1) is 18.5 Å². The van der Waals surface area contributed by atoms with Crippen molar-refractivity contribution in [3.05, 3.63) is 47.8 Å². The van der Waals surface area contributed by atoms with Gasteiger partial charge in [-0.2, -0.15) is 5.10 Å². The summed E-state index contributed by atoms with van der Waals surface area (Å²) in [5.41, 5.74) is 0.751. The van der Waals surface area contributed by atoms with Gasteiger partial charge in [0.2, 0.25) is 5.91 Å². The Morgan fingerprint density at radius 2 is 2.09 bits per heavy atom. The maximum atomic E-state index is 11.9. The van der Waals surface area contributed by atoms with Crippen LogP contribution < -0.4 is 5.32 Å². The summed E-state index contributed by atoms with van der Waals surface area (Å²) in [5, 5.41) is 17.2. The number of aryl methyl sites for hydroxylation is 2. The summed E-state index contributed by atoms with van der Waals surface area (Å²) in [4.78, 5) is 13.0. The first-order chi connectivity index (χ1) is 10.4. The van der Waals surface area contributed by atoms with E-state index in [9.17, 15) is 9.90 Å². The third-order valence-corrected chi connectivity index (χ3v) is 4.36. The highest BCUT2D eigenvalue weighted by atomic mass is 32.2. The van der Waals surface area contributed by atoms with Gasteiger partial charge in [0.15, 0.2) is 0 Å². The Hall–Kier alpha value is -1.79.